The van der Waals surface area contributed by atoms with Crippen LogP contribution in [-0.4, -0.2) is 54.2 Å². The van der Waals surface area contributed by atoms with E-state index in [1.54, 1.807) is 6.08 Å². The first-order valence-corrected chi connectivity index (χ1v) is 10.2. The number of rotatable bonds is 8. The first-order valence-electron chi connectivity index (χ1n) is 9.77. The highest BCUT2D eigenvalue weighted by Gasteiger charge is 2.20. The average molecular weight is 397 g/mol. The van der Waals surface area contributed by atoms with Gasteiger partial charge in [-0.15, -0.1) is 0 Å². The van der Waals surface area contributed by atoms with Crippen LogP contribution < -0.4 is 9.47 Å². The van der Waals surface area contributed by atoms with Crippen molar-refractivity contribution in [1.29, 1.82) is 0 Å². The molecule has 1 aliphatic heterocycles. The number of nitrogens with zero attached hydrogens (tertiary/aromatic N) is 2. The third-order valence-electron chi connectivity index (χ3n) is 4.76. The molecule has 0 amide bonds. The maximum absolute atomic E-state index is 5.78. The second kappa shape index (κ2) is 10.2. The summed E-state index contributed by atoms with van der Waals surface area (Å²) in [4.78, 5) is 5.63. The van der Waals surface area contributed by atoms with Gasteiger partial charge in [0.25, 0.3) is 0 Å². The fourth-order valence-corrected chi connectivity index (χ4v) is 3.62. The van der Waals surface area contributed by atoms with Crippen molar-refractivity contribution < 1.29 is 9.47 Å². The summed E-state index contributed by atoms with van der Waals surface area (Å²) in [6.45, 7) is 11.6. The SMILES string of the molecule is C=CCOc1ccc(C(=S)N2CCN(Cc3ccccc3)CC2)cc1OCC. The minimum Gasteiger partial charge on any atom is -0.490 e. The van der Waals surface area contributed by atoms with Crippen LogP contribution in [0.1, 0.15) is 18.1 Å². The fourth-order valence-electron chi connectivity index (χ4n) is 3.31. The van der Waals surface area contributed by atoms with Gasteiger partial charge in [0.15, 0.2) is 11.5 Å². The van der Waals surface area contributed by atoms with Gasteiger partial charge in [-0.1, -0.05) is 55.2 Å². The summed E-state index contributed by atoms with van der Waals surface area (Å²) in [6, 6.07) is 16.6. The van der Waals surface area contributed by atoms with Crippen molar-refractivity contribution in [3.05, 3.63) is 72.3 Å². The zero-order valence-electron chi connectivity index (χ0n) is 16.5. The Hall–Kier alpha value is -2.37. The molecule has 148 valence electrons. The van der Waals surface area contributed by atoms with E-state index >= 15 is 0 Å². The summed E-state index contributed by atoms with van der Waals surface area (Å²) in [7, 11) is 0. The summed E-state index contributed by atoms with van der Waals surface area (Å²) >= 11 is 5.78. The molecule has 1 saturated heterocycles. The van der Waals surface area contributed by atoms with E-state index in [0.717, 1.165) is 54.8 Å². The van der Waals surface area contributed by atoms with Crippen LogP contribution in [0.5, 0.6) is 11.5 Å². The molecule has 28 heavy (non-hydrogen) atoms. The molecule has 4 nitrogen and oxygen atoms in total. The molecular formula is C23H28N2O2S. The molecule has 0 N–H and O–H groups in total. The Labute approximate surface area is 173 Å². The van der Waals surface area contributed by atoms with Gasteiger partial charge in [0.2, 0.25) is 0 Å². The summed E-state index contributed by atoms with van der Waals surface area (Å²) in [5, 5.41) is 0. The number of piperazine rings is 1. The molecule has 5 heteroatoms. The van der Waals surface area contributed by atoms with E-state index < -0.39 is 0 Å². The standard InChI is InChI=1S/C23H28N2O2S/c1-3-16-27-21-11-10-20(17-22(21)26-4-2)23(28)25-14-12-24(13-15-25)18-19-8-6-5-7-9-19/h3,5-11,17H,1,4,12-16,18H2,2H3. The summed E-state index contributed by atoms with van der Waals surface area (Å²) in [5.74, 6) is 1.45. The highest BCUT2D eigenvalue weighted by molar-refractivity contribution is 7.80. The van der Waals surface area contributed by atoms with Crippen molar-refractivity contribution in [1.82, 2.24) is 9.80 Å². The van der Waals surface area contributed by atoms with Crippen LogP contribution >= 0.6 is 12.2 Å². The monoisotopic (exact) mass is 396 g/mol. The third kappa shape index (κ3) is 5.33. The number of ether oxygens (including phenoxy) is 2. The Morgan fingerprint density at radius 3 is 2.46 bits per heavy atom. The predicted octanol–water partition coefficient (Wildman–Crippen LogP) is 4.14. The van der Waals surface area contributed by atoms with Gasteiger partial charge in [0.1, 0.15) is 11.6 Å². The Balaban J connectivity index is 1.61. The quantitative estimate of drug-likeness (QED) is 0.493. The van der Waals surface area contributed by atoms with Gasteiger partial charge in [-0.05, 0) is 30.7 Å². The van der Waals surface area contributed by atoms with Gasteiger partial charge in [-0.25, -0.2) is 0 Å². The number of hydrogen-bond acceptors (Lipinski definition) is 4. The second-order valence-corrected chi connectivity index (χ2v) is 7.13. The molecule has 0 aromatic heterocycles. The van der Waals surface area contributed by atoms with Crippen molar-refractivity contribution in [2.75, 3.05) is 39.4 Å². The van der Waals surface area contributed by atoms with Crippen LogP contribution in [0.2, 0.25) is 0 Å². The lowest BCUT2D eigenvalue weighted by atomic mass is 10.1. The molecule has 0 unspecified atom stereocenters. The fraction of sp³-hybridized carbons (Fsp3) is 0.348. The zero-order valence-corrected chi connectivity index (χ0v) is 17.3. The Morgan fingerprint density at radius 2 is 1.79 bits per heavy atom. The van der Waals surface area contributed by atoms with Gasteiger partial charge >= 0.3 is 0 Å². The lowest BCUT2D eigenvalue weighted by Crippen LogP contribution is -2.48. The maximum atomic E-state index is 5.78. The van der Waals surface area contributed by atoms with Crippen LogP contribution in [0.4, 0.5) is 0 Å². The topological polar surface area (TPSA) is 24.9 Å². The normalized spacial score (nSPS) is 14.5. The van der Waals surface area contributed by atoms with Crippen LogP contribution in [0.15, 0.2) is 61.2 Å². The van der Waals surface area contributed by atoms with E-state index in [0.29, 0.717) is 13.2 Å². The molecule has 0 aliphatic carbocycles. The molecule has 0 radical (unpaired) electrons. The average Bonchev–Trinajstić information content (AvgIpc) is 2.74. The minimum atomic E-state index is 0.452. The smallest absolute Gasteiger partial charge is 0.161 e. The highest BCUT2D eigenvalue weighted by Crippen LogP contribution is 2.29. The van der Waals surface area contributed by atoms with Crippen molar-refractivity contribution in [2.24, 2.45) is 0 Å². The Bertz CT molecular complexity index is 786. The number of thiocarbonyl (C=S) groups is 1. The lowest BCUT2D eigenvalue weighted by molar-refractivity contribution is 0.177. The molecular weight excluding hydrogens is 368 g/mol. The van der Waals surface area contributed by atoms with E-state index in [1.807, 2.05) is 25.1 Å². The molecule has 0 atom stereocenters. The van der Waals surface area contributed by atoms with E-state index in [1.165, 1.54) is 5.56 Å². The van der Waals surface area contributed by atoms with E-state index in [2.05, 4.69) is 46.7 Å². The van der Waals surface area contributed by atoms with Crippen molar-refractivity contribution in [2.45, 2.75) is 13.5 Å². The molecule has 3 rings (SSSR count). The van der Waals surface area contributed by atoms with Crippen LogP contribution in [0.25, 0.3) is 0 Å². The number of hydrogen-bond donors (Lipinski definition) is 0. The highest BCUT2D eigenvalue weighted by atomic mass is 32.1. The van der Waals surface area contributed by atoms with E-state index in [9.17, 15) is 0 Å². The van der Waals surface area contributed by atoms with E-state index in [-0.39, 0.29) is 0 Å². The van der Waals surface area contributed by atoms with Crippen molar-refractivity contribution in [3.8, 4) is 11.5 Å². The Morgan fingerprint density at radius 1 is 1.04 bits per heavy atom. The molecule has 0 bridgehead atoms. The first kappa shape index (κ1) is 20.4. The largest absolute Gasteiger partial charge is 0.490 e. The molecule has 1 aliphatic rings. The number of benzene rings is 2. The molecule has 0 saturated carbocycles. The predicted molar refractivity (Wildman–Crippen MR) is 118 cm³/mol. The van der Waals surface area contributed by atoms with Gasteiger partial charge in [0, 0.05) is 38.3 Å². The van der Waals surface area contributed by atoms with E-state index in [4.69, 9.17) is 21.7 Å². The van der Waals surface area contributed by atoms with Gasteiger partial charge in [-0.3, -0.25) is 4.90 Å². The summed E-state index contributed by atoms with van der Waals surface area (Å²) in [6.07, 6.45) is 1.73. The van der Waals surface area contributed by atoms with Gasteiger partial charge in [0.05, 0.1) is 6.61 Å². The van der Waals surface area contributed by atoms with Gasteiger partial charge in [-0.2, -0.15) is 0 Å². The second-order valence-electron chi connectivity index (χ2n) is 6.75. The molecule has 1 fully saturated rings. The summed E-state index contributed by atoms with van der Waals surface area (Å²) < 4.78 is 11.4. The van der Waals surface area contributed by atoms with Crippen LogP contribution in [0, 0.1) is 0 Å². The van der Waals surface area contributed by atoms with Gasteiger partial charge < -0.3 is 14.4 Å². The minimum absolute atomic E-state index is 0.452. The zero-order chi connectivity index (χ0) is 19.8. The maximum Gasteiger partial charge on any atom is 0.161 e. The van der Waals surface area contributed by atoms with Crippen LogP contribution in [0.3, 0.4) is 0 Å². The van der Waals surface area contributed by atoms with Crippen LogP contribution in [-0.2, 0) is 6.54 Å². The molecule has 2 aromatic carbocycles. The molecule has 0 spiro atoms. The molecule has 1 heterocycles. The Kier molecular flexibility index (Phi) is 7.46. The lowest BCUT2D eigenvalue weighted by Gasteiger charge is -2.36. The molecule has 2 aromatic rings. The first-order chi connectivity index (χ1) is 13.7. The summed E-state index contributed by atoms with van der Waals surface area (Å²) in [5.41, 5.74) is 2.36. The van der Waals surface area contributed by atoms with Crippen molar-refractivity contribution in [3.63, 3.8) is 0 Å². The third-order valence-corrected chi connectivity index (χ3v) is 5.25. The van der Waals surface area contributed by atoms with Crippen molar-refractivity contribution >= 4 is 17.2 Å².